The van der Waals surface area contributed by atoms with Crippen LogP contribution >= 0.6 is 0 Å². The topological polar surface area (TPSA) is 96.5 Å². The maximum absolute atomic E-state index is 12.3. The molecule has 0 atom stereocenters. The minimum atomic E-state index is -0.596. The van der Waals surface area contributed by atoms with Crippen molar-refractivity contribution in [3.8, 4) is 17.6 Å². The molecule has 2 aromatic carbocycles. The predicted octanol–water partition coefficient (Wildman–Crippen LogP) is 3.49. The number of rotatable bonds is 4. The molecule has 1 aliphatic heterocycles. The minimum Gasteiger partial charge on any atom is -0.450 e. The van der Waals surface area contributed by atoms with Crippen LogP contribution in [0, 0.1) is 21.4 Å². The SMILES string of the molecule is N#Cc1ccc(Oc2ccc(C(=O)N3CCCC3)cc2)c([N+](=O)[O-])c1. The highest BCUT2D eigenvalue weighted by molar-refractivity contribution is 5.94. The van der Waals surface area contributed by atoms with Crippen LogP contribution in [0.1, 0.15) is 28.8 Å². The number of nitriles is 1. The van der Waals surface area contributed by atoms with Gasteiger partial charge in [0.1, 0.15) is 5.75 Å². The molecule has 1 saturated heterocycles. The molecule has 0 aromatic heterocycles. The van der Waals surface area contributed by atoms with Crippen LogP contribution in [-0.2, 0) is 0 Å². The Morgan fingerprint density at radius 3 is 2.44 bits per heavy atom. The zero-order valence-electron chi connectivity index (χ0n) is 13.3. The maximum atomic E-state index is 12.3. The lowest BCUT2D eigenvalue weighted by atomic mass is 10.2. The van der Waals surface area contributed by atoms with Crippen LogP contribution in [0.4, 0.5) is 5.69 Å². The number of likely N-dealkylation sites (tertiary alicyclic amines) is 1. The first-order chi connectivity index (χ1) is 12.1. The molecule has 1 amide bonds. The Hall–Kier alpha value is -3.40. The van der Waals surface area contributed by atoms with E-state index in [-0.39, 0.29) is 22.9 Å². The smallest absolute Gasteiger partial charge is 0.312 e. The van der Waals surface area contributed by atoms with Crippen molar-refractivity contribution in [3.63, 3.8) is 0 Å². The Kier molecular flexibility index (Phi) is 4.61. The molecule has 1 heterocycles. The van der Waals surface area contributed by atoms with Gasteiger partial charge in [0.2, 0.25) is 5.75 Å². The third kappa shape index (κ3) is 3.58. The Labute approximate surface area is 144 Å². The molecule has 1 fully saturated rings. The number of amides is 1. The van der Waals surface area contributed by atoms with Crippen molar-refractivity contribution >= 4 is 11.6 Å². The summed E-state index contributed by atoms with van der Waals surface area (Å²) in [4.78, 5) is 24.6. The van der Waals surface area contributed by atoms with Crippen molar-refractivity contribution in [1.29, 1.82) is 5.26 Å². The molecule has 7 heteroatoms. The summed E-state index contributed by atoms with van der Waals surface area (Å²) in [7, 11) is 0. The maximum Gasteiger partial charge on any atom is 0.312 e. The second-order valence-electron chi connectivity index (χ2n) is 5.68. The monoisotopic (exact) mass is 337 g/mol. The van der Waals surface area contributed by atoms with Crippen LogP contribution in [0.25, 0.3) is 0 Å². The molecule has 0 bridgehead atoms. The Balaban J connectivity index is 1.79. The van der Waals surface area contributed by atoms with E-state index in [9.17, 15) is 14.9 Å². The third-order valence-corrected chi connectivity index (χ3v) is 4.01. The molecule has 2 aromatic rings. The van der Waals surface area contributed by atoms with E-state index < -0.39 is 4.92 Å². The molecule has 7 nitrogen and oxygen atoms in total. The fraction of sp³-hybridized carbons (Fsp3) is 0.222. The van der Waals surface area contributed by atoms with Gasteiger partial charge < -0.3 is 9.64 Å². The predicted molar refractivity (Wildman–Crippen MR) is 89.5 cm³/mol. The van der Waals surface area contributed by atoms with E-state index in [1.165, 1.54) is 18.2 Å². The van der Waals surface area contributed by atoms with Gasteiger partial charge in [-0.3, -0.25) is 14.9 Å². The third-order valence-electron chi connectivity index (χ3n) is 4.01. The van der Waals surface area contributed by atoms with Crippen molar-refractivity contribution in [2.24, 2.45) is 0 Å². The number of hydrogen-bond donors (Lipinski definition) is 0. The second-order valence-corrected chi connectivity index (χ2v) is 5.68. The van der Waals surface area contributed by atoms with Crippen molar-refractivity contribution in [3.05, 3.63) is 63.7 Å². The van der Waals surface area contributed by atoms with Crippen LogP contribution in [0.2, 0.25) is 0 Å². The summed E-state index contributed by atoms with van der Waals surface area (Å²) in [5.41, 5.74) is 0.463. The van der Waals surface area contributed by atoms with Gasteiger partial charge in [0.15, 0.2) is 0 Å². The van der Waals surface area contributed by atoms with Crippen LogP contribution in [0.3, 0.4) is 0 Å². The van der Waals surface area contributed by atoms with Gasteiger partial charge in [-0.25, -0.2) is 0 Å². The fourth-order valence-corrected chi connectivity index (χ4v) is 2.71. The fourth-order valence-electron chi connectivity index (χ4n) is 2.71. The average molecular weight is 337 g/mol. The molecule has 0 spiro atoms. The molecule has 3 rings (SSSR count). The van der Waals surface area contributed by atoms with Crippen LogP contribution in [-0.4, -0.2) is 28.8 Å². The van der Waals surface area contributed by atoms with Crippen molar-refractivity contribution in [1.82, 2.24) is 4.90 Å². The number of ether oxygens (including phenoxy) is 1. The van der Waals surface area contributed by atoms with Crippen molar-refractivity contribution in [2.45, 2.75) is 12.8 Å². The molecule has 0 aliphatic carbocycles. The van der Waals surface area contributed by atoms with Gasteiger partial charge >= 0.3 is 5.69 Å². The first kappa shape index (κ1) is 16.5. The summed E-state index contributed by atoms with van der Waals surface area (Å²) in [6.07, 6.45) is 2.05. The number of nitrogens with zero attached hydrogens (tertiary/aromatic N) is 3. The highest BCUT2D eigenvalue weighted by atomic mass is 16.6. The quantitative estimate of drug-likeness (QED) is 0.628. The number of carbonyl (C=O) groups is 1. The first-order valence-corrected chi connectivity index (χ1v) is 7.84. The number of nitro benzene ring substituents is 1. The molecule has 1 aliphatic rings. The van der Waals surface area contributed by atoms with E-state index >= 15 is 0 Å². The van der Waals surface area contributed by atoms with Gasteiger partial charge in [0.05, 0.1) is 16.6 Å². The van der Waals surface area contributed by atoms with Gasteiger partial charge in [-0.05, 0) is 49.2 Å². The zero-order chi connectivity index (χ0) is 17.8. The summed E-state index contributed by atoms with van der Waals surface area (Å²) < 4.78 is 5.55. The Morgan fingerprint density at radius 1 is 1.16 bits per heavy atom. The van der Waals surface area contributed by atoms with Gasteiger partial charge in [0, 0.05) is 24.7 Å². The van der Waals surface area contributed by atoms with E-state index in [1.54, 1.807) is 29.2 Å². The lowest BCUT2D eigenvalue weighted by Gasteiger charge is -2.15. The van der Waals surface area contributed by atoms with Crippen LogP contribution < -0.4 is 4.74 Å². The minimum absolute atomic E-state index is 0.0200. The summed E-state index contributed by atoms with van der Waals surface area (Å²) in [6, 6.07) is 12.4. The summed E-state index contributed by atoms with van der Waals surface area (Å²) in [6.45, 7) is 1.54. The summed E-state index contributed by atoms with van der Waals surface area (Å²) in [5.74, 6) is 0.404. The van der Waals surface area contributed by atoms with Crippen LogP contribution in [0.15, 0.2) is 42.5 Å². The standard InChI is InChI=1S/C18H15N3O4/c19-12-13-3-8-17(16(11-13)21(23)24)25-15-6-4-14(5-7-15)18(22)20-9-1-2-10-20/h3-8,11H,1-2,9-10H2. The molecule has 0 radical (unpaired) electrons. The van der Waals surface area contributed by atoms with Crippen molar-refractivity contribution in [2.75, 3.05) is 13.1 Å². The lowest BCUT2D eigenvalue weighted by Crippen LogP contribution is -2.27. The van der Waals surface area contributed by atoms with Crippen molar-refractivity contribution < 1.29 is 14.5 Å². The summed E-state index contributed by atoms with van der Waals surface area (Å²) >= 11 is 0. The van der Waals surface area contributed by atoms with E-state index in [4.69, 9.17) is 10.00 Å². The van der Waals surface area contributed by atoms with E-state index in [0.29, 0.717) is 11.3 Å². The number of benzene rings is 2. The molecular formula is C18H15N3O4. The van der Waals surface area contributed by atoms with Gasteiger partial charge in [-0.15, -0.1) is 0 Å². The molecule has 25 heavy (non-hydrogen) atoms. The Morgan fingerprint density at radius 2 is 1.84 bits per heavy atom. The van der Waals surface area contributed by atoms with Gasteiger partial charge in [0.25, 0.3) is 5.91 Å². The normalized spacial score (nSPS) is 13.3. The summed E-state index contributed by atoms with van der Waals surface area (Å²) in [5, 5.41) is 20.0. The van der Waals surface area contributed by atoms with E-state index in [2.05, 4.69) is 0 Å². The largest absolute Gasteiger partial charge is 0.450 e. The average Bonchev–Trinajstić information content (AvgIpc) is 3.16. The van der Waals surface area contributed by atoms with Crippen LogP contribution in [0.5, 0.6) is 11.5 Å². The first-order valence-electron chi connectivity index (χ1n) is 7.84. The highest BCUT2D eigenvalue weighted by Gasteiger charge is 2.20. The number of carbonyl (C=O) groups excluding carboxylic acids is 1. The zero-order valence-corrected chi connectivity index (χ0v) is 13.3. The molecule has 0 saturated carbocycles. The van der Waals surface area contributed by atoms with Gasteiger partial charge in [-0.2, -0.15) is 5.26 Å². The molecule has 0 N–H and O–H groups in total. The molecule has 0 unspecified atom stereocenters. The lowest BCUT2D eigenvalue weighted by molar-refractivity contribution is -0.385. The highest BCUT2D eigenvalue weighted by Crippen LogP contribution is 2.32. The van der Waals surface area contributed by atoms with Gasteiger partial charge in [-0.1, -0.05) is 0 Å². The van der Waals surface area contributed by atoms with E-state index in [0.717, 1.165) is 25.9 Å². The number of nitro groups is 1. The Bertz CT molecular complexity index is 850. The van der Waals surface area contributed by atoms with E-state index in [1.807, 2.05) is 6.07 Å². The molecular weight excluding hydrogens is 322 g/mol. The molecule has 126 valence electrons. The second kappa shape index (κ2) is 7.01. The number of hydrogen-bond acceptors (Lipinski definition) is 5.